The molecule has 1 N–H and O–H groups in total. The molecule has 19 heavy (non-hydrogen) atoms. The summed E-state index contributed by atoms with van der Waals surface area (Å²) in [6, 6.07) is 10.3. The lowest BCUT2D eigenvalue weighted by molar-refractivity contribution is 0.549. The van der Waals surface area contributed by atoms with Gasteiger partial charge in [-0.1, -0.05) is 46.6 Å². The van der Waals surface area contributed by atoms with Gasteiger partial charge in [0.05, 0.1) is 0 Å². The Morgan fingerprint density at radius 1 is 1.37 bits per heavy atom. The van der Waals surface area contributed by atoms with Gasteiger partial charge in [0.15, 0.2) is 0 Å². The maximum absolute atomic E-state index is 6.34. The van der Waals surface area contributed by atoms with Gasteiger partial charge in [-0.3, -0.25) is 4.98 Å². The molecule has 0 aliphatic rings. The van der Waals surface area contributed by atoms with Gasteiger partial charge in [-0.2, -0.15) is 0 Å². The van der Waals surface area contributed by atoms with Crippen LogP contribution in [0.4, 0.5) is 0 Å². The molecule has 1 heterocycles. The standard InChI is InChI=1S/C15H16BrClN2/c1-2-19-15(8-11-4-3-7-18-10-11)13-6-5-12(16)9-14(13)17/h3-7,9-10,15,19H,2,8H2,1H3. The molecule has 0 bridgehead atoms. The summed E-state index contributed by atoms with van der Waals surface area (Å²) in [5, 5.41) is 4.26. The lowest BCUT2D eigenvalue weighted by atomic mass is 10.00. The van der Waals surface area contributed by atoms with E-state index in [9.17, 15) is 0 Å². The van der Waals surface area contributed by atoms with Crippen molar-refractivity contribution in [1.82, 2.24) is 10.3 Å². The third kappa shape index (κ3) is 4.03. The fourth-order valence-electron chi connectivity index (χ4n) is 2.08. The highest BCUT2D eigenvalue weighted by atomic mass is 79.9. The van der Waals surface area contributed by atoms with E-state index >= 15 is 0 Å². The topological polar surface area (TPSA) is 24.9 Å². The minimum absolute atomic E-state index is 0.204. The Balaban J connectivity index is 2.24. The van der Waals surface area contributed by atoms with E-state index in [0.717, 1.165) is 28.0 Å². The second-order valence-corrected chi connectivity index (χ2v) is 5.66. The molecular weight excluding hydrogens is 324 g/mol. The summed E-state index contributed by atoms with van der Waals surface area (Å²) in [5.74, 6) is 0. The first kappa shape index (κ1) is 14.5. The first-order chi connectivity index (χ1) is 9.20. The number of nitrogens with one attached hydrogen (secondary N) is 1. The van der Waals surface area contributed by atoms with Crippen LogP contribution in [0.5, 0.6) is 0 Å². The van der Waals surface area contributed by atoms with E-state index in [4.69, 9.17) is 11.6 Å². The van der Waals surface area contributed by atoms with Crippen LogP contribution in [0.25, 0.3) is 0 Å². The first-order valence-corrected chi connectivity index (χ1v) is 7.45. The molecule has 0 aliphatic carbocycles. The van der Waals surface area contributed by atoms with Crippen LogP contribution in [0.3, 0.4) is 0 Å². The van der Waals surface area contributed by atoms with Gasteiger partial charge in [0, 0.05) is 27.9 Å². The molecule has 0 amide bonds. The Morgan fingerprint density at radius 2 is 2.21 bits per heavy atom. The molecule has 1 aromatic heterocycles. The maximum atomic E-state index is 6.34. The van der Waals surface area contributed by atoms with Gasteiger partial charge in [-0.25, -0.2) is 0 Å². The SMILES string of the molecule is CCNC(Cc1cccnc1)c1ccc(Br)cc1Cl. The Hall–Kier alpha value is -0.900. The van der Waals surface area contributed by atoms with Crippen molar-refractivity contribution in [2.24, 2.45) is 0 Å². The monoisotopic (exact) mass is 338 g/mol. The number of hydrogen-bond acceptors (Lipinski definition) is 2. The molecule has 2 aromatic rings. The molecule has 1 unspecified atom stereocenters. The van der Waals surface area contributed by atoms with Gasteiger partial charge >= 0.3 is 0 Å². The Labute approximate surface area is 127 Å². The zero-order chi connectivity index (χ0) is 13.7. The quantitative estimate of drug-likeness (QED) is 0.874. The van der Waals surface area contributed by atoms with Crippen molar-refractivity contribution < 1.29 is 0 Å². The summed E-state index contributed by atoms with van der Waals surface area (Å²) in [5.41, 5.74) is 2.32. The van der Waals surface area contributed by atoms with Crippen molar-refractivity contribution in [2.75, 3.05) is 6.54 Å². The summed E-state index contributed by atoms with van der Waals surface area (Å²) >= 11 is 9.78. The summed E-state index contributed by atoms with van der Waals surface area (Å²) in [6.07, 6.45) is 4.57. The Kier molecular flexibility index (Phi) is 5.37. The van der Waals surface area contributed by atoms with Crippen molar-refractivity contribution in [3.63, 3.8) is 0 Å². The van der Waals surface area contributed by atoms with Gasteiger partial charge < -0.3 is 5.32 Å². The van der Waals surface area contributed by atoms with E-state index in [2.05, 4.69) is 45.3 Å². The largest absolute Gasteiger partial charge is 0.310 e. The second-order valence-electron chi connectivity index (χ2n) is 4.34. The number of hydrogen-bond donors (Lipinski definition) is 1. The molecule has 0 saturated heterocycles. The van der Waals surface area contributed by atoms with E-state index in [1.165, 1.54) is 5.56 Å². The van der Waals surface area contributed by atoms with Gasteiger partial charge in [-0.15, -0.1) is 0 Å². The van der Waals surface area contributed by atoms with E-state index in [0.29, 0.717) is 0 Å². The molecule has 0 aliphatic heterocycles. The van der Waals surface area contributed by atoms with Crippen LogP contribution in [0, 0.1) is 0 Å². The molecule has 1 aromatic carbocycles. The number of likely N-dealkylation sites (N-methyl/N-ethyl adjacent to an activating group) is 1. The van der Waals surface area contributed by atoms with E-state index in [1.807, 2.05) is 24.4 Å². The molecule has 100 valence electrons. The Bertz CT molecular complexity index is 531. The lowest BCUT2D eigenvalue weighted by Gasteiger charge is -2.19. The number of pyridine rings is 1. The molecule has 2 nitrogen and oxygen atoms in total. The number of benzene rings is 1. The predicted octanol–water partition coefficient (Wildman–Crippen LogP) is 4.39. The Morgan fingerprint density at radius 3 is 2.84 bits per heavy atom. The summed E-state index contributed by atoms with van der Waals surface area (Å²) < 4.78 is 0.998. The second kappa shape index (κ2) is 7.04. The summed E-state index contributed by atoms with van der Waals surface area (Å²) in [6.45, 7) is 3.00. The van der Waals surface area contributed by atoms with Gasteiger partial charge in [0.2, 0.25) is 0 Å². The molecule has 0 spiro atoms. The van der Waals surface area contributed by atoms with Crippen LogP contribution >= 0.6 is 27.5 Å². The van der Waals surface area contributed by atoms with Crippen molar-refractivity contribution in [2.45, 2.75) is 19.4 Å². The minimum atomic E-state index is 0.204. The number of nitrogens with zero attached hydrogens (tertiary/aromatic N) is 1. The van der Waals surface area contributed by atoms with Crippen LogP contribution in [-0.2, 0) is 6.42 Å². The molecule has 0 radical (unpaired) electrons. The maximum Gasteiger partial charge on any atom is 0.0465 e. The first-order valence-electron chi connectivity index (χ1n) is 6.28. The fourth-order valence-corrected chi connectivity index (χ4v) is 2.88. The summed E-state index contributed by atoms with van der Waals surface area (Å²) in [7, 11) is 0. The van der Waals surface area contributed by atoms with Gasteiger partial charge in [0.25, 0.3) is 0 Å². The van der Waals surface area contributed by atoms with Crippen LogP contribution in [0.1, 0.15) is 24.1 Å². The van der Waals surface area contributed by atoms with E-state index < -0.39 is 0 Å². The zero-order valence-electron chi connectivity index (χ0n) is 10.7. The van der Waals surface area contributed by atoms with E-state index in [1.54, 1.807) is 6.20 Å². The zero-order valence-corrected chi connectivity index (χ0v) is 13.1. The average molecular weight is 340 g/mol. The third-order valence-corrected chi connectivity index (χ3v) is 3.77. The third-order valence-electron chi connectivity index (χ3n) is 2.95. The van der Waals surface area contributed by atoms with Gasteiger partial charge in [-0.05, 0) is 42.3 Å². The summed E-state index contributed by atoms with van der Waals surface area (Å²) in [4.78, 5) is 4.16. The highest BCUT2D eigenvalue weighted by Gasteiger charge is 2.14. The number of aromatic nitrogens is 1. The number of rotatable bonds is 5. The lowest BCUT2D eigenvalue weighted by Crippen LogP contribution is -2.23. The van der Waals surface area contributed by atoms with Gasteiger partial charge in [0.1, 0.15) is 0 Å². The smallest absolute Gasteiger partial charge is 0.0465 e. The molecule has 0 saturated carbocycles. The fraction of sp³-hybridized carbons (Fsp3) is 0.267. The van der Waals surface area contributed by atoms with E-state index in [-0.39, 0.29) is 6.04 Å². The normalized spacial score (nSPS) is 12.4. The molecule has 2 rings (SSSR count). The predicted molar refractivity (Wildman–Crippen MR) is 83.5 cm³/mol. The number of halogens is 2. The van der Waals surface area contributed by atoms with Crippen molar-refractivity contribution >= 4 is 27.5 Å². The molecule has 4 heteroatoms. The molecular formula is C15H16BrClN2. The molecule has 0 fully saturated rings. The van der Waals surface area contributed by atoms with Crippen LogP contribution in [0.15, 0.2) is 47.2 Å². The van der Waals surface area contributed by atoms with Crippen molar-refractivity contribution in [3.05, 3.63) is 63.3 Å². The van der Waals surface area contributed by atoms with Crippen molar-refractivity contribution in [3.8, 4) is 0 Å². The minimum Gasteiger partial charge on any atom is -0.310 e. The highest BCUT2D eigenvalue weighted by molar-refractivity contribution is 9.10. The highest BCUT2D eigenvalue weighted by Crippen LogP contribution is 2.28. The van der Waals surface area contributed by atoms with Crippen molar-refractivity contribution in [1.29, 1.82) is 0 Å². The van der Waals surface area contributed by atoms with Crippen LogP contribution < -0.4 is 5.32 Å². The molecule has 1 atom stereocenters. The average Bonchev–Trinajstić information content (AvgIpc) is 2.39. The van der Waals surface area contributed by atoms with Crippen LogP contribution in [-0.4, -0.2) is 11.5 Å². The van der Waals surface area contributed by atoms with Crippen LogP contribution in [0.2, 0.25) is 5.02 Å².